The van der Waals surface area contributed by atoms with Crippen LogP contribution in [0.4, 0.5) is 0 Å². The maximum absolute atomic E-state index is 11.6. The predicted molar refractivity (Wildman–Crippen MR) is 66.1 cm³/mol. The van der Waals surface area contributed by atoms with Gasteiger partial charge >= 0.3 is 0 Å². The molecular weight excluding hydrogens is 222 g/mol. The lowest BCUT2D eigenvalue weighted by atomic mass is 10.0. The third kappa shape index (κ3) is 3.32. The zero-order valence-electron chi connectivity index (χ0n) is 9.81. The zero-order valence-corrected chi connectivity index (χ0v) is 10.6. The summed E-state index contributed by atoms with van der Waals surface area (Å²) in [6.45, 7) is 4.38. The minimum atomic E-state index is -3.07. The van der Waals surface area contributed by atoms with Gasteiger partial charge in [-0.05, 0) is 36.6 Å². The van der Waals surface area contributed by atoms with Crippen molar-refractivity contribution in [2.75, 3.05) is 12.3 Å². The van der Waals surface area contributed by atoms with Crippen molar-refractivity contribution in [3.63, 3.8) is 0 Å². The molecule has 1 aromatic rings. The molecule has 0 fully saturated rings. The smallest absolute Gasteiger partial charge is 0.178 e. The van der Waals surface area contributed by atoms with Gasteiger partial charge in [0.1, 0.15) is 0 Å². The van der Waals surface area contributed by atoms with E-state index >= 15 is 0 Å². The van der Waals surface area contributed by atoms with E-state index in [4.69, 9.17) is 5.73 Å². The zero-order chi connectivity index (χ0) is 12.2. The van der Waals surface area contributed by atoms with Crippen LogP contribution in [-0.2, 0) is 16.3 Å². The molecule has 2 N–H and O–H groups in total. The van der Waals surface area contributed by atoms with Gasteiger partial charge in [0.25, 0.3) is 0 Å². The Balaban J connectivity index is 2.84. The van der Waals surface area contributed by atoms with E-state index in [1.165, 1.54) is 0 Å². The Labute approximate surface area is 97.6 Å². The summed E-state index contributed by atoms with van der Waals surface area (Å²) in [5.41, 5.74) is 6.68. The highest BCUT2D eigenvalue weighted by molar-refractivity contribution is 7.91. The van der Waals surface area contributed by atoms with Crippen LogP contribution in [0.3, 0.4) is 0 Å². The highest BCUT2D eigenvalue weighted by Gasteiger charge is 2.11. The first-order valence-electron chi connectivity index (χ1n) is 5.51. The first-order chi connectivity index (χ1) is 7.49. The molecule has 0 radical (unpaired) electrons. The highest BCUT2D eigenvalue weighted by Crippen LogP contribution is 2.14. The predicted octanol–water partition coefficient (Wildman–Crippen LogP) is 1.62. The van der Waals surface area contributed by atoms with Crippen molar-refractivity contribution in [3.8, 4) is 0 Å². The maximum Gasteiger partial charge on any atom is 0.178 e. The molecule has 4 heteroatoms. The summed E-state index contributed by atoms with van der Waals surface area (Å²) in [5.74, 6) is 0.569. The molecule has 0 aliphatic rings. The van der Waals surface area contributed by atoms with Crippen LogP contribution in [-0.4, -0.2) is 20.7 Å². The number of benzene rings is 1. The maximum atomic E-state index is 11.6. The molecule has 1 rings (SSSR count). The second kappa shape index (κ2) is 5.46. The number of hydrogen-bond donors (Lipinski definition) is 1. The summed E-state index contributed by atoms with van der Waals surface area (Å²) in [6.07, 6.45) is 0.892. The first kappa shape index (κ1) is 13.2. The quantitative estimate of drug-likeness (QED) is 0.852. The van der Waals surface area contributed by atoms with E-state index in [0.29, 0.717) is 17.4 Å². The van der Waals surface area contributed by atoms with Gasteiger partial charge in [-0.2, -0.15) is 0 Å². The van der Waals surface area contributed by atoms with Gasteiger partial charge in [-0.25, -0.2) is 8.42 Å². The van der Waals surface area contributed by atoms with Crippen LogP contribution in [0, 0.1) is 5.92 Å². The SMILES string of the molecule is CCS(=O)(=O)c1ccc(CC(C)CN)cc1. The van der Waals surface area contributed by atoms with Crippen LogP contribution >= 0.6 is 0 Å². The van der Waals surface area contributed by atoms with Crippen molar-refractivity contribution in [2.24, 2.45) is 11.7 Å². The number of sulfone groups is 1. The van der Waals surface area contributed by atoms with Gasteiger partial charge in [0.2, 0.25) is 0 Å². The largest absolute Gasteiger partial charge is 0.330 e. The van der Waals surface area contributed by atoms with Crippen LogP contribution < -0.4 is 5.73 Å². The molecule has 0 saturated carbocycles. The van der Waals surface area contributed by atoms with Gasteiger partial charge in [-0.3, -0.25) is 0 Å². The molecule has 16 heavy (non-hydrogen) atoms. The monoisotopic (exact) mass is 241 g/mol. The van der Waals surface area contributed by atoms with Crippen LogP contribution in [0.15, 0.2) is 29.2 Å². The molecular formula is C12H19NO2S. The Morgan fingerprint density at radius 1 is 1.25 bits per heavy atom. The molecule has 0 heterocycles. The van der Waals surface area contributed by atoms with Crippen LogP contribution in [0.1, 0.15) is 19.4 Å². The lowest BCUT2D eigenvalue weighted by Crippen LogP contribution is -2.13. The van der Waals surface area contributed by atoms with Gasteiger partial charge in [0.05, 0.1) is 10.6 Å². The van der Waals surface area contributed by atoms with Gasteiger partial charge in [-0.1, -0.05) is 26.0 Å². The first-order valence-corrected chi connectivity index (χ1v) is 7.16. The van der Waals surface area contributed by atoms with Crippen molar-refractivity contribution in [1.82, 2.24) is 0 Å². The van der Waals surface area contributed by atoms with Crippen molar-refractivity contribution in [1.29, 1.82) is 0 Å². The molecule has 1 unspecified atom stereocenters. The molecule has 90 valence electrons. The molecule has 1 atom stereocenters. The molecule has 0 saturated heterocycles. The Morgan fingerprint density at radius 3 is 2.25 bits per heavy atom. The molecule has 0 amide bonds. The van der Waals surface area contributed by atoms with Crippen LogP contribution in [0.2, 0.25) is 0 Å². The van der Waals surface area contributed by atoms with Crippen molar-refractivity contribution >= 4 is 9.84 Å². The molecule has 1 aromatic carbocycles. The van der Waals surface area contributed by atoms with E-state index in [0.717, 1.165) is 12.0 Å². The van der Waals surface area contributed by atoms with Gasteiger partial charge in [-0.15, -0.1) is 0 Å². The summed E-state index contributed by atoms with van der Waals surface area (Å²) in [7, 11) is -3.07. The number of hydrogen-bond acceptors (Lipinski definition) is 3. The van der Waals surface area contributed by atoms with Crippen LogP contribution in [0.5, 0.6) is 0 Å². The third-order valence-corrected chi connectivity index (χ3v) is 4.40. The molecule has 0 aromatic heterocycles. The fourth-order valence-electron chi connectivity index (χ4n) is 1.49. The van der Waals surface area contributed by atoms with Crippen molar-refractivity contribution < 1.29 is 8.42 Å². The summed E-state index contributed by atoms with van der Waals surface area (Å²) in [5, 5.41) is 0. The minimum absolute atomic E-state index is 0.144. The standard InChI is InChI=1S/C12H19NO2S/c1-3-16(14,15)12-6-4-11(5-7-12)8-10(2)9-13/h4-7,10H,3,8-9,13H2,1-2H3. The van der Waals surface area contributed by atoms with Gasteiger partial charge < -0.3 is 5.73 Å². The summed E-state index contributed by atoms with van der Waals surface area (Å²) in [6, 6.07) is 7.10. The Bertz CT molecular complexity index is 423. The molecule has 0 aliphatic carbocycles. The van der Waals surface area contributed by atoms with E-state index in [-0.39, 0.29) is 5.75 Å². The average Bonchev–Trinajstić information content (AvgIpc) is 2.29. The minimum Gasteiger partial charge on any atom is -0.330 e. The molecule has 0 bridgehead atoms. The van der Waals surface area contributed by atoms with E-state index in [2.05, 4.69) is 6.92 Å². The van der Waals surface area contributed by atoms with E-state index in [1.54, 1.807) is 19.1 Å². The van der Waals surface area contributed by atoms with E-state index < -0.39 is 9.84 Å². The summed E-state index contributed by atoms with van der Waals surface area (Å²) >= 11 is 0. The van der Waals surface area contributed by atoms with Gasteiger partial charge in [0, 0.05) is 0 Å². The molecule has 3 nitrogen and oxygen atoms in total. The Kier molecular flexibility index (Phi) is 4.50. The van der Waals surface area contributed by atoms with Crippen molar-refractivity contribution in [3.05, 3.63) is 29.8 Å². The normalized spacial score (nSPS) is 13.7. The fourth-order valence-corrected chi connectivity index (χ4v) is 2.37. The summed E-state index contributed by atoms with van der Waals surface area (Å²) in [4.78, 5) is 0.402. The Morgan fingerprint density at radius 2 is 1.81 bits per heavy atom. The second-order valence-corrected chi connectivity index (χ2v) is 6.37. The summed E-state index contributed by atoms with van der Waals surface area (Å²) < 4.78 is 23.1. The second-order valence-electron chi connectivity index (χ2n) is 4.09. The van der Waals surface area contributed by atoms with Crippen LogP contribution in [0.25, 0.3) is 0 Å². The lowest BCUT2D eigenvalue weighted by Gasteiger charge is -2.08. The molecule has 0 spiro atoms. The van der Waals surface area contributed by atoms with E-state index in [9.17, 15) is 8.42 Å². The van der Waals surface area contributed by atoms with Gasteiger partial charge in [0.15, 0.2) is 9.84 Å². The third-order valence-electron chi connectivity index (χ3n) is 2.65. The highest BCUT2D eigenvalue weighted by atomic mass is 32.2. The molecule has 0 aliphatic heterocycles. The van der Waals surface area contributed by atoms with E-state index in [1.807, 2.05) is 12.1 Å². The number of rotatable bonds is 5. The Hall–Kier alpha value is -0.870. The van der Waals surface area contributed by atoms with Crippen molar-refractivity contribution in [2.45, 2.75) is 25.2 Å². The number of nitrogens with two attached hydrogens (primary N) is 1. The lowest BCUT2D eigenvalue weighted by molar-refractivity contribution is 0.591. The average molecular weight is 241 g/mol. The topological polar surface area (TPSA) is 60.2 Å². The fraction of sp³-hybridized carbons (Fsp3) is 0.500.